The molecule has 1 aromatic heterocycles. The Kier molecular flexibility index (Phi) is 4.45. The Bertz CT molecular complexity index is 622. The van der Waals surface area contributed by atoms with Gasteiger partial charge in [0.05, 0.1) is 10.7 Å². The first-order chi connectivity index (χ1) is 9.43. The lowest BCUT2D eigenvalue weighted by atomic mass is 9.97. The molecular weight excluding hydrogens is 277 g/mol. The first-order valence-electron chi connectivity index (χ1n) is 6.55. The van der Waals surface area contributed by atoms with Gasteiger partial charge >= 0.3 is 0 Å². The van der Waals surface area contributed by atoms with Crippen LogP contribution in [0.1, 0.15) is 28.6 Å². The van der Waals surface area contributed by atoms with E-state index < -0.39 is 0 Å². The smallest absolute Gasteiger partial charge is 0.142 e. The number of rotatable bonds is 4. The summed E-state index contributed by atoms with van der Waals surface area (Å²) in [5.41, 5.74) is 4.20. The van der Waals surface area contributed by atoms with Crippen LogP contribution >= 0.6 is 11.6 Å². The number of benzene rings is 1. The van der Waals surface area contributed by atoms with E-state index in [2.05, 4.69) is 10.4 Å². The average Bonchev–Trinajstić information content (AvgIpc) is 2.65. The highest BCUT2D eigenvalue weighted by molar-refractivity contribution is 6.30. The van der Waals surface area contributed by atoms with Gasteiger partial charge in [-0.2, -0.15) is 5.10 Å². The quantitative estimate of drug-likeness (QED) is 0.937. The Morgan fingerprint density at radius 3 is 2.60 bits per heavy atom. The molecule has 0 bridgehead atoms. The largest absolute Gasteiger partial charge is 0.313 e. The molecule has 108 valence electrons. The van der Waals surface area contributed by atoms with Crippen molar-refractivity contribution in [3.63, 3.8) is 0 Å². The third kappa shape index (κ3) is 2.86. The summed E-state index contributed by atoms with van der Waals surface area (Å²) in [5.74, 6) is -0.376. The Hall–Kier alpha value is -1.39. The van der Waals surface area contributed by atoms with E-state index in [1.807, 2.05) is 38.7 Å². The lowest BCUT2D eigenvalue weighted by Crippen LogP contribution is -2.20. The number of likely N-dealkylation sites (N-methyl/N-ethyl adjacent to an activating group) is 1. The first-order valence-corrected chi connectivity index (χ1v) is 6.93. The third-order valence-electron chi connectivity index (χ3n) is 3.69. The molecule has 3 nitrogen and oxygen atoms in total. The Morgan fingerprint density at radius 1 is 1.40 bits per heavy atom. The monoisotopic (exact) mass is 295 g/mol. The lowest BCUT2D eigenvalue weighted by Gasteiger charge is -2.17. The van der Waals surface area contributed by atoms with Crippen LogP contribution in [-0.4, -0.2) is 16.8 Å². The number of aromatic nitrogens is 2. The second-order valence-electron chi connectivity index (χ2n) is 5.00. The van der Waals surface area contributed by atoms with Crippen LogP contribution in [0.4, 0.5) is 4.39 Å². The molecule has 1 heterocycles. The summed E-state index contributed by atoms with van der Waals surface area (Å²) < 4.78 is 15.4. The van der Waals surface area contributed by atoms with Crippen LogP contribution in [0, 0.1) is 19.7 Å². The molecule has 1 aromatic carbocycles. The highest BCUT2D eigenvalue weighted by atomic mass is 35.5. The van der Waals surface area contributed by atoms with Crippen molar-refractivity contribution in [3.05, 3.63) is 51.6 Å². The van der Waals surface area contributed by atoms with E-state index in [1.165, 1.54) is 11.6 Å². The van der Waals surface area contributed by atoms with Gasteiger partial charge in [-0.1, -0.05) is 17.7 Å². The zero-order chi connectivity index (χ0) is 14.9. The van der Waals surface area contributed by atoms with Crippen molar-refractivity contribution < 1.29 is 4.39 Å². The van der Waals surface area contributed by atoms with Crippen LogP contribution in [0.2, 0.25) is 5.02 Å². The summed E-state index contributed by atoms with van der Waals surface area (Å²) in [5, 5.41) is 7.88. The van der Waals surface area contributed by atoms with Gasteiger partial charge in [0.1, 0.15) is 5.82 Å². The summed E-state index contributed by atoms with van der Waals surface area (Å²) in [6, 6.07) is 5.05. The van der Waals surface area contributed by atoms with Crippen LogP contribution in [0.15, 0.2) is 18.2 Å². The number of nitrogens with one attached hydrogen (secondary N) is 1. The second kappa shape index (κ2) is 5.94. The fraction of sp³-hybridized carbons (Fsp3) is 0.400. The van der Waals surface area contributed by atoms with Crippen molar-refractivity contribution in [1.29, 1.82) is 0 Å². The van der Waals surface area contributed by atoms with E-state index >= 15 is 0 Å². The summed E-state index contributed by atoms with van der Waals surface area (Å²) in [6.45, 7) is 4.04. The number of nitrogens with zero attached hydrogens (tertiary/aromatic N) is 2. The molecule has 0 radical (unpaired) electrons. The van der Waals surface area contributed by atoms with Crippen molar-refractivity contribution >= 4 is 11.6 Å². The normalized spacial score (nSPS) is 12.7. The first kappa shape index (κ1) is 15.0. The number of aryl methyl sites for hydroxylation is 2. The molecule has 0 aliphatic carbocycles. The molecule has 0 amide bonds. The van der Waals surface area contributed by atoms with Gasteiger partial charge in [0.25, 0.3) is 0 Å². The van der Waals surface area contributed by atoms with Crippen molar-refractivity contribution in [2.45, 2.75) is 26.3 Å². The molecular formula is C15H19ClFN3. The average molecular weight is 296 g/mol. The SMILES string of the molecule is CNC(Cc1ccc(Cl)c(F)c1)c1c(C)nn(C)c1C. The van der Waals surface area contributed by atoms with Gasteiger partial charge in [-0.15, -0.1) is 0 Å². The minimum absolute atomic E-state index is 0.101. The summed E-state index contributed by atoms with van der Waals surface area (Å²) in [4.78, 5) is 0. The zero-order valence-corrected chi connectivity index (χ0v) is 12.9. The van der Waals surface area contributed by atoms with Gasteiger partial charge in [-0.05, 0) is 45.0 Å². The molecule has 0 spiro atoms. The van der Waals surface area contributed by atoms with Crippen LogP contribution in [-0.2, 0) is 13.5 Å². The molecule has 1 atom stereocenters. The van der Waals surface area contributed by atoms with E-state index in [0.717, 1.165) is 17.0 Å². The number of hydrogen-bond acceptors (Lipinski definition) is 2. The maximum atomic E-state index is 13.5. The van der Waals surface area contributed by atoms with E-state index in [-0.39, 0.29) is 16.9 Å². The topological polar surface area (TPSA) is 29.9 Å². The van der Waals surface area contributed by atoms with Crippen molar-refractivity contribution in [3.8, 4) is 0 Å². The summed E-state index contributed by atoms with van der Waals surface area (Å²) >= 11 is 5.72. The van der Waals surface area contributed by atoms with E-state index in [9.17, 15) is 4.39 Å². The minimum atomic E-state index is -0.376. The molecule has 0 saturated heterocycles. The van der Waals surface area contributed by atoms with Crippen LogP contribution in [0.3, 0.4) is 0 Å². The predicted molar refractivity (Wildman–Crippen MR) is 79.6 cm³/mol. The Balaban J connectivity index is 2.31. The van der Waals surface area contributed by atoms with E-state index in [1.54, 1.807) is 6.07 Å². The van der Waals surface area contributed by atoms with Crippen molar-refractivity contribution in [2.24, 2.45) is 7.05 Å². The highest BCUT2D eigenvalue weighted by Gasteiger charge is 2.19. The fourth-order valence-electron chi connectivity index (χ4n) is 2.55. The standard InChI is InChI=1S/C15H19ClFN3/c1-9-15(10(2)20(4)19-9)14(18-3)8-11-5-6-12(16)13(17)7-11/h5-7,14,18H,8H2,1-4H3. The summed E-state index contributed by atoms with van der Waals surface area (Å²) in [6.07, 6.45) is 0.692. The molecule has 0 aliphatic rings. The second-order valence-corrected chi connectivity index (χ2v) is 5.41. The van der Waals surface area contributed by atoms with Crippen molar-refractivity contribution in [2.75, 3.05) is 7.05 Å². The molecule has 0 aliphatic heterocycles. The molecule has 0 fully saturated rings. The zero-order valence-electron chi connectivity index (χ0n) is 12.2. The molecule has 2 aromatic rings. The lowest BCUT2D eigenvalue weighted by molar-refractivity contribution is 0.578. The highest BCUT2D eigenvalue weighted by Crippen LogP contribution is 2.25. The van der Waals surface area contributed by atoms with E-state index in [4.69, 9.17) is 11.6 Å². The Morgan fingerprint density at radius 2 is 2.10 bits per heavy atom. The third-order valence-corrected chi connectivity index (χ3v) is 3.99. The molecule has 1 unspecified atom stereocenters. The maximum Gasteiger partial charge on any atom is 0.142 e. The van der Waals surface area contributed by atoms with Crippen LogP contribution in [0.5, 0.6) is 0 Å². The van der Waals surface area contributed by atoms with Gasteiger partial charge in [-0.3, -0.25) is 4.68 Å². The number of halogens is 2. The van der Waals surface area contributed by atoms with Gasteiger partial charge in [0.15, 0.2) is 0 Å². The van der Waals surface area contributed by atoms with Gasteiger partial charge in [0, 0.05) is 24.3 Å². The molecule has 0 saturated carbocycles. The molecule has 1 N–H and O–H groups in total. The van der Waals surface area contributed by atoms with E-state index in [0.29, 0.717) is 6.42 Å². The molecule has 20 heavy (non-hydrogen) atoms. The number of hydrogen-bond donors (Lipinski definition) is 1. The minimum Gasteiger partial charge on any atom is -0.313 e. The summed E-state index contributed by atoms with van der Waals surface area (Å²) in [7, 11) is 3.84. The fourth-order valence-corrected chi connectivity index (χ4v) is 2.66. The Labute approximate surface area is 123 Å². The van der Waals surface area contributed by atoms with Gasteiger partial charge in [-0.25, -0.2) is 4.39 Å². The maximum absolute atomic E-state index is 13.5. The van der Waals surface area contributed by atoms with Crippen LogP contribution in [0.25, 0.3) is 0 Å². The van der Waals surface area contributed by atoms with Crippen LogP contribution < -0.4 is 5.32 Å². The molecule has 2 rings (SSSR count). The molecule has 5 heteroatoms. The van der Waals surface area contributed by atoms with Crippen molar-refractivity contribution in [1.82, 2.24) is 15.1 Å². The van der Waals surface area contributed by atoms with Gasteiger partial charge in [0.2, 0.25) is 0 Å². The van der Waals surface area contributed by atoms with Gasteiger partial charge < -0.3 is 5.32 Å². The predicted octanol–water partition coefficient (Wildman–Crippen LogP) is 3.33.